The second kappa shape index (κ2) is 7.37. The van der Waals surface area contributed by atoms with Crippen LogP contribution in [0.5, 0.6) is 11.5 Å². The summed E-state index contributed by atoms with van der Waals surface area (Å²) in [5.41, 5.74) is -1.15. The molecule has 0 spiro atoms. The van der Waals surface area contributed by atoms with Gasteiger partial charge in [0.25, 0.3) is 0 Å². The van der Waals surface area contributed by atoms with Crippen LogP contribution in [0, 0.1) is 5.82 Å². The van der Waals surface area contributed by atoms with E-state index in [9.17, 15) is 27.2 Å². The van der Waals surface area contributed by atoms with Crippen LogP contribution in [0.2, 0.25) is 0 Å². The van der Waals surface area contributed by atoms with E-state index in [2.05, 4.69) is 10.6 Å². The summed E-state index contributed by atoms with van der Waals surface area (Å²) in [5, 5.41) is 4.98. The van der Waals surface area contributed by atoms with Crippen LogP contribution < -0.4 is 20.1 Å². The van der Waals surface area contributed by atoms with Crippen molar-refractivity contribution in [3.8, 4) is 11.5 Å². The molecule has 3 rings (SSSR count). The number of Topliss-reactive ketones (excluding diaryl/α,β-unsaturated/α-hetero) is 1. The van der Waals surface area contributed by atoms with Gasteiger partial charge >= 0.3 is 6.18 Å². The van der Waals surface area contributed by atoms with Crippen LogP contribution >= 0.6 is 0 Å². The maximum absolute atomic E-state index is 13.3. The number of halogens is 4. The molecule has 0 aliphatic carbocycles. The first-order valence-corrected chi connectivity index (χ1v) is 8.00. The molecule has 28 heavy (non-hydrogen) atoms. The summed E-state index contributed by atoms with van der Waals surface area (Å²) in [5.74, 6) is -1.64. The van der Waals surface area contributed by atoms with Gasteiger partial charge in [0.05, 0.1) is 17.8 Å². The minimum Gasteiger partial charge on any atom is -0.454 e. The fourth-order valence-corrected chi connectivity index (χ4v) is 2.57. The number of amides is 1. The molecule has 1 heterocycles. The zero-order valence-electron chi connectivity index (χ0n) is 14.4. The van der Waals surface area contributed by atoms with E-state index in [0.29, 0.717) is 23.6 Å². The van der Waals surface area contributed by atoms with Crippen molar-refractivity contribution in [2.45, 2.75) is 13.1 Å². The third-order valence-corrected chi connectivity index (χ3v) is 3.89. The molecule has 2 aromatic rings. The van der Waals surface area contributed by atoms with Crippen molar-refractivity contribution in [2.75, 3.05) is 24.0 Å². The number of ether oxygens (including phenoxy) is 2. The molecule has 1 aliphatic rings. The highest BCUT2D eigenvalue weighted by Gasteiger charge is 2.34. The zero-order valence-corrected chi connectivity index (χ0v) is 14.4. The minimum absolute atomic E-state index is 0.0161. The predicted molar refractivity (Wildman–Crippen MR) is 91.1 cm³/mol. The molecule has 1 amide bonds. The number of nitrogens with one attached hydrogen (secondary N) is 2. The second-order valence-electron chi connectivity index (χ2n) is 5.90. The number of fused-ring (bicyclic) bond motifs is 1. The summed E-state index contributed by atoms with van der Waals surface area (Å²) in [6.07, 6.45) is -4.85. The first kappa shape index (κ1) is 19.5. The normalized spacial score (nSPS) is 12.6. The Hall–Kier alpha value is -3.30. The fraction of sp³-hybridized carbons (Fsp3) is 0.222. The molecule has 0 radical (unpaired) electrons. The number of hydrogen-bond donors (Lipinski definition) is 2. The average Bonchev–Trinajstić information content (AvgIpc) is 3.06. The highest BCUT2D eigenvalue weighted by atomic mass is 19.4. The summed E-state index contributed by atoms with van der Waals surface area (Å²) < 4.78 is 61.9. The maximum atomic E-state index is 13.3. The highest BCUT2D eigenvalue weighted by molar-refractivity contribution is 6.05. The Bertz CT molecular complexity index is 944. The molecule has 0 saturated carbocycles. The topological polar surface area (TPSA) is 76.7 Å². The van der Waals surface area contributed by atoms with Crippen LogP contribution in [0.1, 0.15) is 22.8 Å². The van der Waals surface area contributed by atoms with Crippen LogP contribution in [0.3, 0.4) is 0 Å². The molecule has 0 saturated heterocycles. The smallest absolute Gasteiger partial charge is 0.419 e. The van der Waals surface area contributed by atoms with E-state index in [-0.39, 0.29) is 29.5 Å². The lowest BCUT2D eigenvalue weighted by Gasteiger charge is -2.13. The summed E-state index contributed by atoms with van der Waals surface area (Å²) in [7, 11) is 0. The molecular formula is C18H14F4N2O4. The van der Waals surface area contributed by atoms with E-state index in [1.165, 1.54) is 19.1 Å². The van der Waals surface area contributed by atoms with Crippen LogP contribution in [0.25, 0.3) is 0 Å². The summed E-state index contributed by atoms with van der Waals surface area (Å²) in [6, 6.07) is 5.18. The zero-order chi connectivity index (χ0) is 20.5. The Labute approximate surface area is 156 Å². The SMILES string of the molecule is CC(=O)c1cc2c(cc1NC(=O)CNc1ccc(F)c(C(F)(F)F)c1)OCO2. The maximum Gasteiger partial charge on any atom is 0.419 e. The monoisotopic (exact) mass is 398 g/mol. The molecule has 0 atom stereocenters. The number of ketones is 1. The third-order valence-electron chi connectivity index (χ3n) is 3.89. The van der Waals surface area contributed by atoms with E-state index in [1.54, 1.807) is 0 Å². The summed E-state index contributed by atoms with van der Waals surface area (Å²) >= 11 is 0. The van der Waals surface area contributed by atoms with Crippen LogP contribution in [0.15, 0.2) is 30.3 Å². The molecule has 10 heteroatoms. The Morgan fingerprint density at radius 2 is 1.79 bits per heavy atom. The van der Waals surface area contributed by atoms with E-state index in [0.717, 1.165) is 6.07 Å². The quantitative estimate of drug-likeness (QED) is 0.592. The minimum atomic E-state index is -4.85. The van der Waals surface area contributed by atoms with Crippen molar-refractivity contribution in [3.05, 3.63) is 47.3 Å². The van der Waals surface area contributed by atoms with Gasteiger partial charge in [-0.1, -0.05) is 0 Å². The molecule has 0 unspecified atom stereocenters. The van der Waals surface area contributed by atoms with Crippen LogP contribution in [-0.4, -0.2) is 25.0 Å². The van der Waals surface area contributed by atoms with Crippen molar-refractivity contribution >= 4 is 23.1 Å². The molecule has 0 bridgehead atoms. The van der Waals surface area contributed by atoms with Crippen molar-refractivity contribution in [3.63, 3.8) is 0 Å². The van der Waals surface area contributed by atoms with E-state index in [4.69, 9.17) is 9.47 Å². The molecule has 6 nitrogen and oxygen atoms in total. The first-order chi connectivity index (χ1) is 13.1. The summed E-state index contributed by atoms with van der Waals surface area (Å²) in [6.45, 7) is 0.884. The van der Waals surface area contributed by atoms with Crippen LogP contribution in [-0.2, 0) is 11.0 Å². The van der Waals surface area contributed by atoms with Gasteiger partial charge < -0.3 is 20.1 Å². The molecule has 0 aromatic heterocycles. The largest absolute Gasteiger partial charge is 0.454 e. The third kappa shape index (κ3) is 4.16. The highest BCUT2D eigenvalue weighted by Crippen LogP contribution is 2.37. The number of anilines is 2. The number of benzene rings is 2. The number of carbonyl (C=O) groups excluding carboxylic acids is 2. The van der Waals surface area contributed by atoms with Gasteiger partial charge in [-0.2, -0.15) is 13.2 Å². The van der Waals surface area contributed by atoms with Crippen molar-refractivity contribution in [1.82, 2.24) is 0 Å². The second-order valence-corrected chi connectivity index (χ2v) is 5.90. The van der Waals surface area contributed by atoms with Gasteiger partial charge in [0.15, 0.2) is 17.3 Å². The van der Waals surface area contributed by atoms with Crippen molar-refractivity contribution in [2.24, 2.45) is 0 Å². The molecule has 0 fully saturated rings. The van der Waals surface area contributed by atoms with Gasteiger partial charge in [-0.05, 0) is 31.2 Å². The molecular weight excluding hydrogens is 384 g/mol. The van der Waals surface area contributed by atoms with E-state index < -0.39 is 30.0 Å². The first-order valence-electron chi connectivity index (χ1n) is 8.00. The Balaban J connectivity index is 1.71. The standard InChI is InChI=1S/C18H14F4N2O4/c1-9(25)11-5-15-16(28-8-27-15)6-14(11)24-17(26)7-23-10-2-3-13(19)12(4-10)18(20,21)22/h2-6,23H,7-8H2,1H3,(H,24,26). The lowest BCUT2D eigenvalue weighted by molar-refractivity contribution is -0.139. The van der Waals surface area contributed by atoms with Gasteiger partial charge in [-0.25, -0.2) is 4.39 Å². The number of carbonyl (C=O) groups is 2. The molecule has 148 valence electrons. The Morgan fingerprint density at radius 3 is 2.43 bits per heavy atom. The fourth-order valence-electron chi connectivity index (χ4n) is 2.57. The predicted octanol–water partition coefficient (Wildman–Crippen LogP) is 3.83. The van der Waals surface area contributed by atoms with Gasteiger partial charge in [0, 0.05) is 17.3 Å². The number of alkyl halides is 3. The van der Waals surface area contributed by atoms with Crippen LogP contribution in [0.4, 0.5) is 28.9 Å². The Morgan fingerprint density at radius 1 is 1.11 bits per heavy atom. The molecule has 1 aliphatic heterocycles. The molecule has 2 N–H and O–H groups in total. The lowest BCUT2D eigenvalue weighted by atomic mass is 10.1. The number of rotatable bonds is 5. The average molecular weight is 398 g/mol. The van der Waals surface area contributed by atoms with Gasteiger partial charge in [-0.15, -0.1) is 0 Å². The summed E-state index contributed by atoms with van der Waals surface area (Å²) in [4.78, 5) is 23.9. The molecule has 2 aromatic carbocycles. The van der Waals surface area contributed by atoms with Crippen molar-refractivity contribution in [1.29, 1.82) is 0 Å². The van der Waals surface area contributed by atoms with E-state index in [1.807, 2.05) is 0 Å². The lowest BCUT2D eigenvalue weighted by Crippen LogP contribution is -2.23. The van der Waals surface area contributed by atoms with Gasteiger partial charge in [0.2, 0.25) is 12.7 Å². The number of hydrogen-bond acceptors (Lipinski definition) is 5. The Kier molecular flexibility index (Phi) is 5.12. The van der Waals surface area contributed by atoms with Crippen molar-refractivity contribution < 1.29 is 36.6 Å². The van der Waals surface area contributed by atoms with Gasteiger partial charge in [0.1, 0.15) is 5.82 Å². The van der Waals surface area contributed by atoms with Gasteiger partial charge in [-0.3, -0.25) is 9.59 Å². The van der Waals surface area contributed by atoms with E-state index >= 15 is 0 Å².